The van der Waals surface area contributed by atoms with Crippen molar-refractivity contribution in [3.8, 4) is 0 Å². The molecule has 3 nitrogen and oxygen atoms in total. The molecule has 1 unspecified atom stereocenters. The van der Waals surface area contributed by atoms with Crippen molar-refractivity contribution in [3.05, 3.63) is 16.6 Å². The molecule has 1 atom stereocenters. The molecule has 1 aromatic heterocycles. The zero-order valence-corrected chi connectivity index (χ0v) is 10.8. The van der Waals surface area contributed by atoms with Crippen LogP contribution in [-0.4, -0.2) is 17.4 Å². The van der Waals surface area contributed by atoms with Gasteiger partial charge in [-0.3, -0.25) is 4.79 Å². The van der Waals surface area contributed by atoms with Gasteiger partial charge in [0.2, 0.25) is 0 Å². The Morgan fingerprint density at radius 3 is 2.94 bits per heavy atom. The summed E-state index contributed by atoms with van der Waals surface area (Å²) in [5.41, 5.74) is 2.22. The van der Waals surface area contributed by atoms with E-state index in [2.05, 4.69) is 24.1 Å². The van der Waals surface area contributed by atoms with Crippen molar-refractivity contribution < 1.29 is 4.79 Å². The second-order valence-electron chi connectivity index (χ2n) is 4.00. The first-order valence-electron chi connectivity index (χ1n) is 5.94. The van der Waals surface area contributed by atoms with E-state index in [0.29, 0.717) is 11.6 Å². The topological polar surface area (TPSA) is 42.0 Å². The molecule has 0 saturated heterocycles. The second kappa shape index (κ2) is 7.39. The van der Waals surface area contributed by atoms with Gasteiger partial charge in [0.25, 0.3) is 5.91 Å². The molecule has 0 aliphatic carbocycles. The Balaban J connectivity index is 2.29. The van der Waals surface area contributed by atoms with E-state index >= 15 is 0 Å². The zero-order valence-electron chi connectivity index (χ0n) is 10.0. The van der Waals surface area contributed by atoms with Crippen LogP contribution in [0.2, 0.25) is 0 Å². The summed E-state index contributed by atoms with van der Waals surface area (Å²) in [5, 5.41) is 4.73. The summed E-state index contributed by atoms with van der Waals surface area (Å²) < 4.78 is 0. The lowest BCUT2D eigenvalue weighted by Crippen LogP contribution is -2.29. The molecular weight excluding hydrogens is 220 g/mol. The fourth-order valence-electron chi connectivity index (χ4n) is 1.60. The van der Waals surface area contributed by atoms with Crippen LogP contribution in [-0.2, 0) is 0 Å². The third-order valence-corrected chi connectivity index (χ3v) is 3.35. The number of carbonyl (C=O) groups excluding carboxylic acids is 1. The molecule has 4 heteroatoms. The number of rotatable bonds is 7. The minimum absolute atomic E-state index is 0.0452. The van der Waals surface area contributed by atoms with E-state index in [0.717, 1.165) is 13.0 Å². The average Bonchev–Trinajstić information content (AvgIpc) is 2.82. The first-order chi connectivity index (χ1) is 7.77. The van der Waals surface area contributed by atoms with Crippen molar-refractivity contribution in [1.29, 1.82) is 0 Å². The van der Waals surface area contributed by atoms with Crippen molar-refractivity contribution in [2.75, 3.05) is 6.54 Å². The van der Waals surface area contributed by atoms with E-state index in [9.17, 15) is 4.79 Å². The highest BCUT2D eigenvalue weighted by atomic mass is 32.1. The monoisotopic (exact) mass is 240 g/mol. The number of nitrogens with one attached hydrogen (secondary N) is 1. The van der Waals surface area contributed by atoms with Gasteiger partial charge >= 0.3 is 0 Å². The number of thiazole rings is 1. The van der Waals surface area contributed by atoms with Crippen molar-refractivity contribution in [3.63, 3.8) is 0 Å². The van der Waals surface area contributed by atoms with Gasteiger partial charge in [-0.1, -0.05) is 33.1 Å². The fourth-order valence-corrected chi connectivity index (χ4v) is 2.13. The molecule has 1 N–H and O–H groups in total. The van der Waals surface area contributed by atoms with E-state index in [1.807, 2.05) is 0 Å². The summed E-state index contributed by atoms with van der Waals surface area (Å²) in [6.45, 7) is 5.14. The Morgan fingerprint density at radius 2 is 2.38 bits per heavy atom. The van der Waals surface area contributed by atoms with Gasteiger partial charge in [-0.15, -0.1) is 11.3 Å². The molecule has 1 aromatic rings. The molecule has 0 aliphatic heterocycles. The summed E-state index contributed by atoms with van der Waals surface area (Å²) in [7, 11) is 0. The number of amides is 1. The van der Waals surface area contributed by atoms with Crippen LogP contribution in [0, 0.1) is 5.92 Å². The summed E-state index contributed by atoms with van der Waals surface area (Å²) in [6, 6.07) is 0. The van der Waals surface area contributed by atoms with Crippen LogP contribution >= 0.6 is 11.3 Å². The maximum Gasteiger partial charge on any atom is 0.270 e. The molecule has 16 heavy (non-hydrogen) atoms. The van der Waals surface area contributed by atoms with Gasteiger partial charge in [-0.05, 0) is 12.3 Å². The van der Waals surface area contributed by atoms with E-state index < -0.39 is 0 Å². The lowest BCUT2D eigenvalue weighted by molar-refractivity contribution is 0.0941. The molecule has 0 aliphatic rings. The van der Waals surface area contributed by atoms with Crippen LogP contribution in [0.5, 0.6) is 0 Å². The average molecular weight is 240 g/mol. The van der Waals surface area contributed by atoms with Gasteiger partial charge in [0.1, 0.15) is 5.69 Å². The van der Waals surface area contributed by atoms with Crippen LogP contribution in [0.25, 0.3) is 0 Å². The molecular formula is C12H20N2OS. The van der Waals surface area contributed by atoms with Crippen LogP contribution in [0.3, 0.4) is 0 Å². The van der Waals surface area contributed by atoms with Crippen LogP contribution < -0.4 is 5.32 Å². The third kappa shape index (κ3) is 4.31. The Labute approximate surface area is 101 Å². The van der Waals surface area contributed by atoms with Crippen molar-refractivity contribution >= 4 is 17.2 Å². The first kappa shape index (κ1) is 13.2. The number of aromatic nitrogens is 1. The Morgan fingerprint density at radius 1 is 1.56 bits per heavy atom. The Bertz CT molecular complexity index is 298. The quantitative estimate of drug-likeness (QED) is 0.795. The molecule has 1 amide bonds. The molecule has 0 aromatic carbocycles. The highest BCUT2D eigenvalue weighted by Crippen LogP contribution is 2.11. The largest absolute Gasteiger partial charge is 0.350 e. The van der Waals surface area contributed by atoms with E-state index in [-0.39, 0.29) is 5.91 Å². The lowest BCUT2D eigenvalue weighted by Gasteiger charge is -2.14. The van der Waals surface area contributed by atoms with Gasteiger partial charge in [0.15, 0.2) is 0 Å². The normalized spacial score (nSPS) is 12.4. The highest BCUT2D eigenvalue weighted by Gasteiger charge is 2.10. The molecule has 0 spiro atoms. The van der Waals surface area contributed by atoms with Gasteiger partial charge < -0.3 is 5.32 Å². The summed E-state index contributed by atoms with van der Waals surface area (Å²) >= 11 is 1.45. The molecule has 0 radical (unpaired) electrons. The van der Waals surface area contributed by atoms with Gasteiger partial charge in [-0.25, -0.2) is 4.98 Å². The smallest absolute Gasteiger partial charge is 0.270 e. The van der Waals surface area contributed by atoms with E-state index in [4.69, 9.17) is 0 Å². The molecule has 0 fully saturated rings. The SMILES string of the molecule is CCCCC(CC)CNC(=O)c1cscn1. The predicted octanol–water partition coefficient (Wildman–Crippen LogP) is 3.09. The van der Waals surface area contributed by atoms with Crippen molar-refractivity contribution in [1.82, 2.24) is 10.3 Å². The minimum atomic E-state index is -0.0452. The van der Waals surface area contributed by atoms with E-state index in [1.165, 1.54) is 30.6 Å². The number of nitrogens with zero attached hydrogens (tertiary/aromatic N) is 1. The summed E-state index contributed by atoms with van der Waals surface area (Å²) in [6.07, 6.45) is 4.78. The molecule has 1 heterocycles. The summed E-state index contributed by atoms with van der Waals surface area (Å²) in [4.78, 5) is 15.6. The predicted molar refractivity (Wildman–Crippen MR) is 67.8 cm³/mol. The van der Waals surface area contributed by atoms with Gasteiger partial charge in [-0.2, -0.15) is 0 Å². The number of hydrogen-bond donors (Lipinski definition) is 1. The number of carbonyl (C=O) groups is 1. The van der Waals surface area contributed by atoms with Crippen molar-refractivity contribution in [2.24, 2.45) is 5.92 Å². The van der Waals surface area contributed by atoms with Crippen LogP contribution in [0.1, 0.15) is 50.0 Å². The lowest BCUT2D eigenvalue weighted by atomic mass is 9.99. The molecule has 0 saturated carbocycles. The van der Waals surface area contributed by atoms with Crippen molar-refractivity contribution in [2.45, 2.75) is 39.5 Å². The fraction of sp³-hybridized carbons (Fsp3) is 0.667. The molecule has 90 valence electrons. The zero-order chi connectivity index (χ0) is 11.8. The Kier molecular flexibility index (Phi) is 6.08. The molecule has 1 rings (SSSR count). The van der Waals surface area contributed by atoms with Gasteiger partial charge in [0.05, 0.1) is 5.51 Å². The standard InChI is InChI=1S/C12H20N2OS/c1-3-5-6-10(4-2)7-13-12(15)11-8-16-9-14-11/h8-10H,3-7H2,1-2H3,(H,13,15). The van der Waals surface area contributed by atoms with Crippen LogP contribution in [0.15, 0.2) is 10.9 Å². The highest BCUT2D eigenvalue weighted by molar-refractivity contribution is 7.07. The van der Waals surface area contributed by atoms with Gasteiger partial charge in [0, 0.05) is 11.9 Å². The number of unbranched alkanes of at least 4 members (excludes halogenated alkanes) is 1. The Hall–Kier alpha value is -0.900. The second-order valence-corrected chi connectivity index (χ2v) is 4.72. The maximum atomic E-state index is 11.6. The number of hydrogen-bond acceptors (Lipinski definition) is 3. The van der Waals surface area contributed by atoms with Crippen LogP contribution in [0.4, 0.5) is 0 Å². The minimum Gasteiger partial charge on any atom is -0.350 e. The maximum absolute atomic E-state index is 11.6. The first-order valence-corrected chi connectivity index (χ1v) is 6.88. The van der Waals surface area contributed by atoms with E-state index in [1.54, 1.807) is 10.9 Å². The third-order valence-electron chi connectivity index (χ3n) is 2.76. The summed E-state index contributed by atoms with van der Waals surface area (Å²) in [5.74, 6) is 0.554. The molecule has 0 bridgehead atoms.